The van der Waals surface area contributed by atoms with Gasteiger partial charge in [0.25, 0.3) is 0 Å². The van der Waals surface area contributed by atoms with E-state index in [0.29, 0.717) is 13.1 Å². The minimum atomic E-state index is -0.912. The highest BCUT2D eigenvalue weighted by molar-refractivity contribution is 5.86. The van der Waals surface area contributed by atoms with Crippen molar-refractivity contribution >= 4 is 11.9 Å². The van der Waals surface area contributed by atoms with Gasteiger partial charge in [-0.25, -0.2) is 0 Å². The lowest BCUT2D eigenvalue weighted by molar-refractivity contribution is -0.156. The maximum absolute atomic E-state index is 12.7. The molecule has 3 aliphatic rings. The number of carbonyl (C=O) groups excluding carboxylic acids is 1. The van der Waals surface area contributed by atoms with Gasteiger partial charge in [-0.05, 0) is 26.7 Å². The number of fused-ring (bicyclic) bond motifs is 2. The molecule has 1 N–H and O–H groups in total. The summed E-state index contributed by atoms with van der Waals surface area (Å²) in [6, 6.07) is 0. The second kappa shape index (κ2) is 5.00. The summed E-state index contributed by atoms with van der Waals surface area (Å²) in [5, 5.41) is 9.38. The minimum Gasteiger partial charge on any atom is -0.481 e. The highest BCUT2D eigenvalue weighted by Crippen LogP contribution is 2.44. The summed E-state index contributed by atoms with van der Waals surface area (Å²) in [6.07, 6.45) is 1.02. The molecule has 0 saturated carbocycles. The molecule has 3 aliphatic heterocycles. The van der Waals surface area contributed by atoms with Crippen molar-refractivity contribution in [1.82, 2.24) is 4.90 Å². The summed E-state index contributed by atoms with van der Waals surface area (Å²) in [6.45, 7) is 4.93. The second-order valence-electron chi connectivity index (χ2n) is 6.18. The Bertz CT molecular complexity index is 416. The Morgan fingerprint density at radius 3 is 2.10 bits per heavy atom. The first-order valence-corrected chi connectivity index (χ1v) is 7.30. The van der Waals surface area contributed by atoms with Crippen molar-refractivity contribution in [2.75, 3.05) is 13.1 Å². The van der Waals surface area contributed by atoms with Gasteiger partial charge in [-0.1, -0.05) is 0 Å². The fourth-order valence-electron chi connectivity index (χ4n) is 3.87. The molecule has 112 valence electrons. The van der Waals surface area contributed by atoms with Gasteiger partial charge in [-0.2, -0.15) is 0 Å². The van der Waals surface area contributed by atoms with Gasteiger partial charge in [0.05, 0.1) is 36.3 Å². The largest absolute Gasteiger partial charge is 0.481 e. The van der Waals surface area contributed by atoms with Crippen LogP contribution in [0.15, 0.2) is 0 Å². The number of nitrogens with zero attached hydrogens (tertiary/aromatic N) is 1. The third-order valence-electron chi connectivity index (χ3n) is 4.57. The molecule has 1 amide bonds. The average molecular weight is 283 g/mol. The third kappa shape index (κ3) is 2.20. The lowest BCUT2D eigenvalue weighted by atomic mass is 9.78. The summed E-state index contributed by atoms with van der Waals surface area (Å²) >= 11 is 0. The minimum absolute atomic E-state index is 0.00881. The van der Waals surface area contributed by atoms with Gasteiger partial charge < -0.3 is 19.5 Å². The summed E-state index contributed by atoms with van der Waals surface area (Å²) in [5.41, 5.74) is 0. The number of carboxylic acid groups (broad SMARTS) is 1. The number of ether oxygens (including phenoxy) is 2. The van der Waals surface area contributed by atoms with Crippen molar-refractivity contribution in [3.05, 3.63) is 0 Å². The molecule has 2 bridgehead atoms. The van der Waals surface area contributed by atoms with Crippen molar-refractivity contribution in [2.45, 2.75) is 51.1 Å². The fourth-order valence-corrected chi connectivity index (χ4v) is 3.87. The van der Waals surface area contributed by atoms with E-state index >= 15 is 0 Å². The van der Waals surface area contributed by atoms with E-state index in [2.05, 4.69) is 0 Å². The van der Waals surface area contributed by atoms with Crippen LogP contribution in [0.2, 0.25) is 0 Å². The van der Waals surface area contributed by atoms with E-state index in [1.165, 1.54) is 0 Å². The van der Waals surface area contributed by atoms with Crippen LogP contribution in [0.5, 0.6) is 0 Å². The maximum Gasteiger partial charge on any atom is 0.310 e. The monoisotopic (exact) mass is 283 g/mol. The van der Waals surface area contributed by atoms with Crippen LogP contribution in [-0.4, -0.2) is 59.4 Å². The molecule has 3 fully saturated rings. The Hall–Kier alpha value is -1.14. The molecular weight excluding hydrogens is 262 g/mol. The van der Waals surface area contributed by atoms with Crippen molar-refractivity contribution in [3.8, 4) is 0 Å². The van der Waals surface area contributed by atoms with Gasteiger partial charge in [-0.15, -0.1) is 0 Å². The zero-order chi connectivity index (χ0) is 14.4. The van der Waals surface area contributed by atoms with Crippen LogP contribution in [0, 0.1) is 11.8 Å². The maximum atomic E-state index is 12.7. The molecule has 6 nitrogen and oxygen atoms in total. The molecule has 3 rings (SSSR count). The summed E-state index contributed by atoms with van der Waals surface area (Å²) in [7, 11) is 0. The Balaban J connectivity index is 1.77. The van der Waals surface area contributed by atoms with Crippen molar-refractivity contribution < 1.29 is 24.2 Å². The fraction of sp³-hybridized carbons (Fsp3) is 0.857. The topological polar surface area (TPSA) is 76.1 Å². The van der Waals surface area contributed by atoms with Gasteiger partial charge in [-0.3, -0.25) is 9.59 Å². The normalized spacial score (nSPS) is 43.8. The molecule has 0 aromatic heterocycles. The quantitative estimate of drug-likeness (QED) is 0.798. The van der Waals surface area contributed by atoms with Crippen LogP contribution in [0.3, 0.4) is 0 Å². The predicted molar refractivity (Wildman–Crippen MR) is 69.1 cm³/mol. The van der Waals surface area contributed by atoms with Gasteiger partial charge in [0.15, 0.2) is 0 Å². The number of amides is 1. The zero-order valence-corrected chi connectivity index (χ0v) is 11.8. The first-order valence-electron chi connectivity index (χ1n) is 7.30. The molecule has 0 aliphatic carbocycles. The molecule has 0 aromatic carbocycles. The molecule has 6 heteroatoms. The van der Waals surface area contributed by atoms with Crippen molar-refractivity contribution in [2.24, 2.45) is 11.8 Å². The van der Waals surface area contributed by atoms with Crippen LogP contribution in [0.4, 0.5) is 0 Å². The average Bonchev–Trinajstić information content (AvgIpc) is 2.96. The number of morpholine rings is 1. The zero-order valence-electron chi connectivity index (χ0n) is 11.8. The number of carboxylic acids is 1. The highest BCUT2D eigenvalue weighted by atomic mass is 16.5. The van der Waals surface area contributed by atoms with E-state index in [4.69, 9.17) is 9.47 Å². The van der Waals surface area contributed by atoms with Crippen LogP contribution in [0.1, 0.15) is 26.7 Å². The van der Waals surface area contributed by atoms with E-state index in [1.807, 2.05) is 13.8 Å². The molecule has 0 spiro atoms. The van der Waals surface area contributed by atoms with E-state index in [1.54, 1.807) is 4.90 Å². The number of hydrogen-bond acceptors (Lipinski definition) is 4. The number of hydrogen-bond donors (Lipinski definition) is 1. The molecule has 3 heterocycles. The number of aliphatic carboxylic acids is 1. The first kappa shape index (κ1) is 13.8. The highest BCUT2D eigenvalue weighted by Gasteiger charge is 2.56. The molecule has 0 unspecified atom stereocenters. The Morgan fingerprint density at radius 2 is 1.55 bits per heavy atom. The Kier molecular flexibility index (Phi) is 3.46. The molecule has 20 heavy (non-hydrogen) atoms. The number of rotatable bonds is 2. The third-order valence-corrected chi connectivity index (χ3v) is 4.57. The molecule has 0 radical (unpaired) electrons. The summed E-state index contributed by atoms with van der Waals surface area (Å²) < 4.78 is 11.3. The predicted octanol–water partition coefficient (Wildman–Crippen LogP) is 0.500. The van der Waals surface area contributed by atoms with E-state index in [0.717, 1.165) is 12.8 Å². The SMILES string of the molecule is C[C@@H]1CN(C(=O)[C@H]2[C@@H](C(=O)O)[C@H]3CC[C@H]2O3)C[C@H](C)O1. The van der Waals surface area contributed by atoms with Crippen LogP contribution < -0.4 is 0 Å². The van der Waals surface area contributed by atoms with Gasteiger partial charge in [0, 0.05) is 13.1 Å². The van der Waals surface area contributed by atoms with Gasteiger partial charge >= 0.3 is 5.97 Å². The van der Waals surface area contributed by atoms with Gasteiger partial charge in [0.1, 0.15) is 0 Å². The van der Waals surface area contributed by atoms with Crippen LogP contribution in [-0.2, 0) is 19.1 Å². The summed E-state index contributed by atoms with van der Waals surface area (Å²) in [4.78, 5) is 25.9. The van der Waals surface area contributed by atoms with E-state index in [9.17, 15) is 14.7 Å². The molecular formula is C14H21NO5. The van der Waals surface area contributed by atoms with Gasteiger partial charge in [0.2, 0.25) is 5.91 Å². The molecule has 3 saturated heterocycles. The number of carbonyl (C=O) groups is 2. The standard InChI is InChI=1S/C14H21NO5/c1-7-5-15(6-8(2)19-7)13(16)11-9-3-4-10(20-9)12(11)14(17)18/h7-12H,3-6H2,1-2H3,(H,17,18)/t7-,8+,9-,10-,11-,12+/m1/s1. The Labute approximate surface area is 118 Å². The van der Waals surface area contributed by atoms with Crippen LogP contribution >= 0.6 is 0 Å². The van der Waals surface area contributed by atoms with Crippen LogP contribution in [0.25, 0.3) is 0 Å². The lowest BCUT2D eigenvalue weighted by Gasteiger charge is -2.38. The summed E-state index contributed by atoms with van der Waals surface area (Å²) in [5.74, 6) is -2.20. The van der Waals surface area contributed by atoms with Crippen molar-refractivity contribution in [3.63, 3.8) is 0 Å². The molecule has 6 atom stereocenters. The van der Waals surface area contributed by atoms with Crippen molar-refractivity contribution in [1.29, 1.82) is 0 Å². The van der Waals surface area contributed by atoms with E-state index < -0.39 is 17.8 Å². The Morgan fingerprint density at radius 1 is 1.00 bits per heavy atom. The smallest absolute Gasteiger partial charge is 0.310 e. The first-order chi connectivity index (χ1) is 9.47. The molecule has 0 aromatic rings. The second-order valence-corrected chi connectivity index (χ2v) is 6.18. The lowest BCUT2D eigenvalue weighted by Crippen LogP contribution is -2.53. The van der Waals surface area contributed by atoms with E-state index in [-0.39, 0.29) is 30.3 Å².